The van der Waals surface area contributed by atoms with Gasteiger partial charge in [0.15, 0.2) is 0 Å². The normalized spacial score (nSPS) is 20.2. The number of alkyl halides is 1. The first-order valence-electron chi connectivity index (χ1n) is 10.2. The van der Waals surface area contributed by atoms with Gasteiger partial charge in [0.05, 0.1) is 6.67 Å². The number of benzene rings is 2. The van der Waals surface area contributed by atoms with Gasteiger partial charge in [-0.1, -0.05) is 55.3 Å². The van der Waals surface area contributed by atoms with Gasteiger partial charge in [-0.25, -0.2) is 4.39 Å². The van der Waals surface area contributed by atoms with Crippen LogP contribution >= 0.6 is 0 Å². The zero-order valence-electron chi connectivity index (χ0n) is 15.6. The van der Waals surface area contributed by atoms with Crippen LogP contribution in [0.3, 0.4) is 0 Å². The van der Waals surface area contributed by atoms with Crippen LogP contribution in [0.4, 0.5) is 8.78 Å². The van der Waals surface area contributed by atoms with Gasteiger partial charge in [-0.3, -0.25) is 4.39 Å². The summed E-state index contributed by atoms with van der Waals surface area (Å²) in [6, 6.07) is 16.5. The maximum Gasteiger partial charge on any atom is 0.126 e. The maximum absolute atomic E-state index is 14.6. The molecule has 0 saturated heterocycles. The first kappa shape index (κ1) is 19.1. The van der Waals surface area contributed by atoms with Crippen LogP contribution < -0.4 is 0 Å². The second-order valence-corrected chi connectivity index (χ2v) is 7.67. The molecule has 0 N–H and O–H groups in total. The Balaban J connectivity index is 1.52. The van der Waals surface area contributed by atoms with Crippen LogP contribution in [0.25, 0.3) is 0 Å². The molecule has 0 spiro atoms. The SMILES string of the molecule is FCCCCCCc1ccc(C2CCC(c3ccccc3)CC2)c(F)c1. The Kier molecular flexibility index (Phi) is 7.22. The fourth-order valence-electron chi connectivity index (χ4n) is 4.30. The number of hydrogen-bond acceptors (Lipinski definition) is 0. The van der Waals surface area contributed by atoms with Gasteiger partial charge in [-0.2, -0.15) is 0 Å². The fraction of sp³-hybridized carbons (Fsp3) is 0.500. The van der Waals surface area contributed by atoms with Crippen molar-refractivity contribution in [3.8, 4) is 0 Å². The molecule has 0 radical (unpaired) electrons. The predicted molar refractivity (Wildman–Crippen MR) is 105 cm³/mol. The smallest absolute Gasteiger partial charge is 0.126 e. The van der Waals surface area contributed by atoms with Crippen molar-refractivity contribution < 1.29 is 8.78 Å². The summed E-state index contributed by atoms with van der Waals surface area (Å²) in [6.07, 6.45) is 8.94. The van der Waals surface area contributed by atoms with Crippen LogP contribution in [0.2, 0.25) is 0 Å². The molecular formula is C24H30F2. The Morgan fingerprint density at radius 1 is 0.769 bits per heavy atom. The quantitative estimate of drug-likeness (QED) is 0.434. The van der Waals surface area contributed by atoms with Crippen LogP contribution in [-0.4, -0.2) is 6.67 Å². The van der Waals surface area contributed by atoms with E-state index in [1.165, 1.54) is 5.56 Å². The molecular weight excluding hydrogens is 326 g/mol. The topological polar surface area (TPSA) is 0 Å². The highest BCUT2D eigenvalue weighted by Crippen LogP contribution is 2.41. The molecule has 0 aromatic heterocycles. The standard InChI is InChI=1S/C24H30F2/c25-17-7-2-1-4-8-19-11-16-23(24(26)18-19)22-14-12-21(13-15-22)20-9-5-3-6-10-20/h3,5-6,9-11,16,18,21-22H,1-2,4,7-8,12-15,17H2. The molecule has 26 heavy (non-hydrogen) atoms. The highest BCUT2D eigenvalue weighted by atomic mass is 19.1. The van der Waals surface area contributed by atoms with Gasteiger partial charge in [0.25, 0.3) is 0 Å². The van der Waals surface area contributed by atoms with Gasteiger partial charge in [0.1, 0.15) is 5.82 Å². The summed E-state index contributed by atoms with van der Waals surface area (Å²) in [5.74, 6) is 0.946. The monoisotopic (exact) mass is 356 g/mol. The summed E-state index contributed by atoms with van der Waals surface area (Å²) in [5.41, 5.74) is 3.40. The second-order valence-electron chi connectivity index (χ2n) is 7.67. The molecule has 1 fully saturated rings. The van der Waals surface area contributed by atoms with E-state index >= 15 is 0 Å². The average molecular weight is 357 g/mol. The fourth-order valence-corrected chi connectivity index (χ4v) is 4.30. The van der Waals surface area contributed by atoms with Gasteiger partial charge in [0, 0.05) is 0 Å². The van der Waals surface area contributed by atoms with E-state index < -0.39 is 0 Å². The highest BCUT2D eigenvalue weighted by Gasteiger charge is 2.25. The Hall–Kier alpha value is -1.70. The van der Waals surface area contributed by atoms with Crippen LogP contribution in [-0.2, 0) is 6.42 Å². The summed E-state index contributed by atoms with van der Waals surface area (Å²) in [7, 11) is 0. The molecule has 0 heterocycles. The lowest BCUT2D eigenvalue weighted by molar-refractivity contribution is 0.387. The van der Waals surface area contributed by atoms with Crippen molar-refractivity contribution in [1.29, 1.82) is 0 Å². The van der Waals surface area contributed by atoms with E-state index in [-0.39, 0.29) is 12.5 Å². The zero-order chi connectivity index (χ0) is 18.2. The molecule has 2 heteroatoms. The summed E-state index contributed by atoms with van der Waals surface area (Å²) in [5, 5.41) is 0. The van der Waals surface area contributed by atoms with Crippen molar-refractivity contribution >= 4 is 0 Å². The third-order valence-electron chi connectivity index (χ3n) is 5.85. The molecule has 0 amide bonds. The third kappa shape index (κ3) is 5.16. The Morgan fingerprint density at radius 2 is 1.46 bits per heavy atom. The van der Waals surface area contributed by atoms with Crippen molar-refractivity contribution in [3.63, 3.8) is 0 Å². The summed E-state index contributed by atoms with van der Waals surface area (Å²) in [6.45, 7) is -0.226. The number of aryl methyl sites for hydroxylation is 1. The predicted octanol–water partition coefficient (Wildman–Crippen LogP) is 7.34. The lowest BCUT2D eigenvalue weighted by Crippen LogP contribution is -2.13. The van der Waals surface area contributed by atoms with Crippen molar-refractivity contribution in [3.05, 3.63) is 71.0 Å². The van der Waals surface area contributed by atoms with E-state index in [2.05, 4.69) is 36.4 Å². The summed E-state index contributed by atoms with van der Waals surface area (Å²) in [4.78, 5) is 0. The lowest BCUT2D eigenvalue weighted by atomic mass is 9.76. The number of halogens is 2. The molecule has 0 unspecified atom stereocenters. The highest BCUT2D eigenvalue weighted by molar-refractivity contribution is 5.29. The van der Waals surface area contributed by atoms with Crippen molar-refractivity contribution in [2.45, 2.75) is 69.6 Å². The van der Waals surface area contributed by atoms with E-state index in [9.17, 15) is 8.78 Å². The van der Waals surface area contributed by atoms with Gasteiger partial charge < -0.3 is 0 Å². The van der Waals surface area contributed by atoms with Gasteiger partial charge in [-0.05, 0) is 79.5 Å². The Morgan fingerprint density at radius 3 is 2.15 bits per heavy atom. The minimum Gasteiger partial charge on any atom is -0.251 e. The molecule has 1 saturated carbocycles. The van der Waals surface area contributed by atoms with Gasteiger partial charge in [-0.15, -0.1) is 0 Å². The van der Waals surface area contributed by atoms with E-state index in [4.69, 9.17) is 0 Å². The number of rotatable bonds is 8. The first-order valence-corrected chi connectivity index (χ1v) is 10.2. The zero-order valence-corrected chi connectivity index (χ0v) is 15.6. The Labute approximate surface area is 156 Å². The number of unbranched alkanes of at least 4 members (excludes halogenated alkanes) is 3. The molecule has 1 aliphatic rings. The van der Waals surface area contributed by atoms with Gasteiger partial charge >= 0.3 is 0 Å². The van der Waals surface area contributed by atoms with Crippen molar-refractivity contribution in [2.24, 2.45) is 0 Å². The maximum atomic E-state index is 14.6. The molecule has 1 aliphatic carbocycles. The van der Waals surface area contributed by atoms with E-state index in [0.29, 0.717) is 18.3 Å². The Bertz CT molecular complexity index is 657. The van der Waals surface area contributed by atoms with Crippen LogP contribution in [0.1, 0.15) is 79.9 Å². The van der Waals surface area contributed by atoms with Crippen molar-refractivity contribution in [2.75, 3.05) is 6.67 Å². The second kappa shape index (κ2) is 9.85. The van der Waals surface area contributed by atoms with E-state index in [1.807, 2.05) is 6.07 Å². The molecule has 3 rings (SSSR count). The number of hydrogen-bond donors (Lipinski definition) is 0. The van der Waals surface area contributed by atoms with Crippen LogP contribution in [0.15, 0.2) is 48.5 Å². The van der Waals surface area contributed by atoms with Crippen LogP contribution in [0, 0.1) is 5.82 Å². The largest absolute Gasteiger partial charge is 0.251 e. The lowest BCUT2D eigenvalue weighted by Gasteiger charge is -2.29. The summed E-state index contributed by atoms with van der Waals surface area (Å²) >= 11 is 0. The van der Waals surface area contributed by atoms with E-state index in [1.54, 1.807) is 6.07 Å². The summed E-state index contributed by atoms with van der Waals surface area (Å²) < 4.78 is 26.7. The first-order chi connectivity index (χ1) is 12.8. The third-order valence-corrected chi connectivity index (χ3v) is 5.85. The molecule has 0 aliphatic heterocycles. The van der Waals surface area contributed by atoms with Gasteiger partial charge in [0.2, 0.25) is 0 Å². The molecule has 2 aromatic rings. The molecule has 2 aromatic carbocycles. The van der Waals surface area contributed by atoms with Crippen LogP contribution in [0.5, 0.6) is 0 Å². The minimum absolute atomic E-state index is 0.0329. The average Bonchev–Trinajstić information content (AvgIpc) is 2.69. The molecule has 0 atom stereocenters. The molecule has 140 valence electrons. The van der Waals surface area contributed by atoms with E-state index in [0.717, 1.165) is 62.5 Å². The molecule has 0 bridgehead atoms. The minimum atomic E-state index is -0.226. The molecule has 0 nitrogen and oxygen atoms in total. The van der Waals surface area contributed by atoms with Crippen molar-refractivity contribution in [1.82, 2.24) is 0 Å².